The van der Waals surface area contributed by atoms with Crippen LogP contribution >= 0.6 is 0 Å². The Balaban J connectivity index is 1.85. The molecule has 2 aromatic rings. The molecule has 4 nitrogen and oxygen atoms in total. The van der Waals surface area contributed by atoms with Crippen molar-refractivity contribution in [3.05, 3.63) is 71.3 Å². The van der Waals surface area contributed by atoms with E-state index in [1.54, 1.807) is 0 Å². The molecule has 0 spiro atoms. The largest absolute Gasteiger partial charge is 0.354 e. The molecular formula is C21H24F2N2O2. The number of carbonyl (C=O) groups excluding carboxylic acids is 2. The second-order valence-corrected chi connectivity index (χ2v) is 6.39. The molecule has 0 saturated carbocycles. The maximum atomic E-state index is 13.2. The Hall–Kier alpha value is -2.76. The first-order valence-corrected chi connectivity index (χ1v) is 9.04. The van der Waals surface area contributed by atoms with Crippen LogP contribution in [0.2, 0.25) is 0 Å². The van der Waals surface area contributed by atoms with E-state index in [1.165, 1.54) is 12.1 Å². The first kappa shape index (κ1) is 20.6. The fourth-order valence-electron chi connectivity index (χ4n) is 2.79. The van der Waals surface area contributed by atoms with Crippen LogP contribution in [-0.2, 0) is 22.4 Å². The Labute approximate surface area is 158 Å². The lowest BCUT2D eigenvalue weighted by Crippen LogP contribution is -2.47. The zero-order chi connectivity index (χ0) is 19.6. The minimum Gasteiger partial charge on any atom is -0.354 e. The van der Waals surface area contributed by atoms with Crippen molar-refractivity contribution in [2.24, 2.45) is 0 Å². The third-order valence-corrected chi connectivity index (χ3v) is 4.07. The van der Waals surface area contributed by atoms with Gasteiger partial charge in [-0.1, -0.05) is 43.7 Å². The van der Waals surface area contributed by atoms with Crippen LogP contribution in [0.15, 0.2) is 48.5 Å². The Morgan fingerprint density at radius 2 is 1.67 bits per heavy atom. The Bertz CT molecular complexity index is 746. The van der Waals surface area contributed by atoms with E-state index in [0.717, 1.165) is 18.1 Å². The van der Waals surface area contributed by atoms with Gasteiger partial charge >= 0.3 is 0 Å². The highest BCUT2D eigenvalue weighted by molar-refractivity contribution is 5.88. The molecule has 144 valence electrons. The van der Waals surface area contributed by atoms with Crippen molar-refractivity contribution in [2.45, 2.75) is 38.6 Å². The lowest BCUT2D eigenvalue weighted by Gasteiger charge is -2.18. The van der Waals surface area contributed by atoms with E-state index in [2.05, 4.69) is 10.6 Å². The summed E-state index contributed by atoms with van der Waals surface area (Å²) in [5.41, 5.74) is 1.34. The summed E-state index contributed by atoms with van der Waals surface area (Å²) >= 11 is 0. The number of rotatable bonds is 9. The van der Waals surface area contributed by atoms with Crippen molar-refractivity contribution in [1.29, 1.82) is 0 Å². The summed E-state index contributed by atoms with van der Waals surface area (Å²) < 4.78 is 26.4. The normalized spacial score (nSPS) is 11.7. The van der Waals surface area contributed by atoms with Crippen LogP contribution in [0.1, 0.15) is 30.9 Å². The third kappa shape index (κ3) is 7.17. The molecule has 2 rings (SSSR count). The molecule has 1 unspecified atom stereocenters. The summed E-state index contributed by atoms with van der Waals surface area (Å²) in [6.45, 7) is 2.16. The molecule has 6 heteroatoms. The van der Waals surface area contributed by atoms with Gasteiger partial charge in [0.2, 0.25) is 11.8 Å². The zero-order valence-corrected chi connectivity index (χ0v) is 15.3. The van der Waals surface area contributed by atoms with Crippen LogP contribution in [0.5, 0.6) is 0 Å². The van der Waals surface area contributed by atoms with E-state index in [9.17, 15) is 18.4 Å². The SMILES string of the molecule is CCCC(NC(=O)Cc1ccccc1)C(=O)NCCc1cc(F)cc(F)c1. The highest BCUT2D eigenvalue weighted by Gasteiger charge is 2.19. The average molecular weight is 374 g/mol. The summed E-state index contributed by atoms with van der Waals surface area (Å²) in [6, 6.07) is 11.9. The van der Waals surface area contributed by atoms with Crippen molar-refractivity contribution < 1.29 is 18.4 Å². The van der Waals surface area contributed by atoms with Gasteiger partial charge in [-0.2, -0.15) is 0 Å². The lowest BCUT2D eigenvalue weighted by molar-refractivity contribution is -0.128. The van der Waals surface area contributed by atoms with Crippen molar-refractivity contribution in [3.63, 3.8) is 0 Å². The van der Waals surface area contributed by atoms with Gasteiger partial charge in [0.1, 0.15) is 17.7 Å². The Kier molecular flexibility index (Phi) is 7.92. The quantitative estimate of drug-likeness (QED) is 0.708. The molecule has 0 fully saturated rings. The van der Waals surface area contributed by atoms with Crippen LogP contribution in [0.3, 0.4) is 0 Å². The standard InChI is InChI=1S/C21H24F2N2O2/c1-2-6-19(25-20(26)13-15-7-4-3-5-8-15)21(27)24-10-9-16-11-17(22)14-18(23)12-16/h3-5,7-8,11-12,14,19H,2,6,9-10,13H2,1H3,(H,24,27)(H,25,26). The van der Waals surface area contributed by atoms with Gasteiger partial charge in [0.25, 0.3) is 0 Å². The third-order valence-electron chi connectivity index (χ3n) is 4.07. The summed E-state index contributed by atoms with van der Waals surface area (Å²) in [7, 11) is 0. The first-order valence-electron chi connectivity index (χ1n) is 9.04. The van der Waals surface area contributed by atoms with Gasteiger partial charge in [-0.25, -0.2) is 8.78 Å². The number of carbonyl (C=O) groups is 2. The molecule has 0 aliphatic carbocycles. The second-order valence-electron chi connectivity index (χ2n) is 6.39. The van der Waals surface area contributed by atoms with E-state index < -0.39 is 17.7 Å². The topological polar surface area (TPSA) is 58.2 Å². The first-order chi connectivity index (χ1) is 13.0. The molecule has 0 heterocycles. The molecule has 2 N–H and O–H groups in total. The predicted octanol–water partition coefficient (Wildman–Crippen LogP) is 3.15. The number of amides is 2. The smallest absolute Gasteiger partial charge is 0.242 e. The highest BCUT2D eigenvalue weighted by Crippen LogP contribution is 2.08. The fraction of sp³-hybridized carbons (Fsp3) is 0.333. The molecule has 0 aliphatic heterocycles. The monoisotopic (exact) mass is 374 g/mol. The molecule has 0 saturated heterocycles. The van der Waals surface area contributed by atoms with Crippen LogP contribution in [0, 0.1) is 11.6 Å². The van der Waals surface area contributed by atoms with Crippen molar-refractivity contribution in [2.75, 3.05) is 6.54 Å². The van der Waals surface area contributed by atoms with E-state index in [1.807, 2.05) is 37.3 Å². The summed E-state index contributed by atoms with van der Waals surface area (Å²) in [6.07, 6.45) is 1.76. The van der Waals surface area contributed by atoms with Crippen molar-refractivity contribution in [3.8, 4) is 0 Å². The second kappa shape index (κ2) is 10.4. The van der Waals surface area contributed by atoms with Crippen LogP contribution in [0.25, 0.3) is 0 Å². The molecule has 2 aromatic carbocycles. The van der Waals surface area contributed by atoms with E-state index in [4.69, 9.17) is 0 Å². The summed E-state index contributed by atoms with van der Waals surface area (Å²) in [5, 5.41) is 5.49. The van der Waals surface area contributed by atoms with Gasteiger partial charge in [-0.05, 0) is 36.1 Å². The van der Waals surface area contributed by atoms with Gasteiger partial charge in [-0.15, -0.1) is 0 Å². The average Bonchev–Trinajstić information content (AvgIpc) is 2.61. The van der Waals surface area contributed by atoms with E-state index >= 15 is 0 Å². The van der Waals surface area contributed by atoms with Gasteiger partial charge < -0.3 is 10.6 Å². The number of nitrogens with one attached hydrogen (secondary N) is 2. The molecule has 0 radical (unpaired) electrons. The molecule has 0 bridgehead atoms. The van der Waals surface area contributed by atoms with Crippen molar-refractivity contribution in [1.82, 2.24) is 10.6 Å². The molecule has 2 amide bonds. The number of benzene rings is 2. The van der Waals surface area contributed by atoms with Crippen molar-refractivity contribution >= 4 is 11.8 Å². The van der Waals surface area contributed by atoms with Gasteiger partial charge in [-0.3, -0.25) is 9.59 Å². The van der Waals surface area contributed by atoms with Gasteiger partial charge in [0, 0.05) is 12.6 Å². The number of hydrogen-bond donors (Lipinski definition) is 2. The number of hydrogen-bond acceptors (Lipinski definition) is 2. The van der Waals surface area contributed by atoms with Gasteiger partial charge in [0.05, 0.1) is 6.42 Å². The number of halogens is 2. The van der Waals surface area contributed by atoms with Crippen LogP contribution in [0.4, 0.5) is 8.78 Å². The maximum absolute atomic E-state index is 13.2. The van der Waals surface area contributed by atoms with E-state index in [-0.39, 0.29) is 24.8 Å². The van der Waals surface area contributed by atoms with E-state index in [0.29, 0.717) is 18.4 Å². The molecule has 0 aliphatic rings. The molecular weight excluding hydrogens is 350 g/mol. The molecule has 1 atom stereocenters. The van der Waals surface area contributed by atoms with Gasteiger partial charge in [0.15, 0.2) is 0 Å². The molecule has 27 heavy (non-hydrogen) atoms. The van der Waals surface area contributed by atoms with Crippen LogP contribution in [-0.4, -0.2) is 24.4 Å². The Morgan fingerprint density at radius 3 is 2.30 bits per heavy atom. The predicted molar refractivity (Wildman–Crippen MR) is 100 cm³/mol. The summed E-state index contributed by atoms with van der Waals surface area (Å²) in [4.78, 5) is 24.6. The highest BCUT2D eigenvalue weighted by atomic mass is 19.1. The zero-order valence-electron chi connectivity index (χ0n) is 15.3. The Morgan fingerprint density at radius 1 is 1.00 bits per heavy atom. The maximum Gasteiger partial charge on any atom is 0.242 e. The lowest BCUT2D eigenvalue weighted by atomic mass is 10.1. The summed E-state index contributed by atoms with van der Waals surface area (Å²) in [5.74, 6) is -1.81. The minimum absolute atomic E-state index is 0.205. The minimum atomic E-state index is -0.645. The molecule has 0 aromatic heterocycles. The fourth-order valence-corrected chi connectivity index (χ4v) is 2.79. The van der Waals surface area contributed by atoms with Crippen LogP contribution < -0.4 is 10.6 Å².